The number of hydrogen-bond donors (Lipinski definition) is 0. The van der Waals surface area contributed by atoms with Gasteiger partial charge in [-0.1, -0.05) is 6.07 Å². The molecule has 0 amide bonds. The maximum Gasteiger partial charge on any atom is 0.190 e. The molecule has 1 aromatic rings. The van der Waals surface area contributed by atoms with Gasteiger partial charge >= 0.3 is 0 Å². The lowest BCUT2D eigenvalue weighted by molar-refractivity contribution is 0.357. The number of methoxy groups -OCH3 is 1. The van der Waals surface area contributed by atoms with Crippen molar-refractivity contribution in [3.05, 3.63) is 28.8 Å². The molecule has 12 heavy (non-hydrogen) atoms. The molecule has 1 nitrogen and oxygen atoms in total. The van der Waals surface area contributed by atoms with Crippen LogP contribution in [0.4, 0.5) is 8.78 Å². The molecule has 66 valence electrons. The van der Waals surface area contributed by atoms with Crippen LogP contribution in [0, 0.1) is 25.5 Å². The van der Waals surface area contributed by atoms with E-state index in [1.807, 2.05) is 0 Å². The van der Waals surface area contributed by atoms with E-state index < -0.39 is 11.6 Å². The lowest BCUT2D eigenvalue weighted by atomic mass is 10.1. The maximum atomic E-state index is 13.1. The molecule has 0 bridgehead atoms. The molecule has 0 radical (unpaired) electrons. The minimum Gasteiger partial charge on any atom is -0.491 e. The lowest BCUT2D eigenvalue weighted by Gasteiger charge is -2.07. The highest BCUT2D eigenvalue weighted by atomic mass is 19.1. The Morgan fingerprint density at radius 3 is 1.83 bits per heavy atom. The van der Waals surface area contributed by atoms with Gasteiger partial charge in [0.2, 0.25) is 0 Å². The molecule has 0 aromatic heterocycles. The van der Waals surface area contributed by atoms with Gasteiger partial charge in [0.15, 0.2) is 17.4 Å². The molecule has 0 N–H and O–H groups in total. The summed E-state index contributed by atoms with van der Waals surface area (Å²) in [6, 6.07) is 1.45. The van der Waals surface area contributed by atoms with Crippen LogP contribution in [0.1, 0.15) is 11.1 Å². The third-order valence-corrected chi connectivity index (χ3v) is 1.73. The largest absolute Gasteiger partial charge is 0.491 e. The maximum absolute atomic E-state index is 13.1. The van der Waals surface area contributed by atoms with Crippen molar-refractivity contribution in [1.29, 1.82) is 0 Å². The summed E-state index contributed by atoms with van der Waals surface area (Å²) >= 11 is 0. The van der Waals surface area contributed by atoms with E-state index in [-0.39, 0.29) is 5.75 Å². The number of halogens is 2. The van der Waals surface area contributed by atoms with Crippen molar-refractivity contribution < 1.29 is 13.5 Å². The summed E-state index contributed by atoms with van der Waals surface area (Å²) in [7, 11) is 1.25. The predicted molar refractivity (Wildman–Crippen MR) is 42.4 cm³/mol. The van der Waals surface area contributed by atoms with Gasteiger partial charge in [0.05, 0.1) is 7.11 Å². The molecule has 0 saturated carbocycles. The zero-order valence-corrected chi connectivity index (χ0v) is 7.24. The van der Waals surface area contributed by atoms with Gasteiger partial charge in [0.25, 0.3) is 0 Å². The van der Waals surface area contributed by atoms with Crippen molar-refractivity contribution in [2.75, 3.05) is 7.11 Å². The minimum atomic E-state index is -0.624. The second kappa shape index (κ2) is 3.09. The van der Waals surface area contributed by atoms with Gasteiger partial charge < -0.3 is 4.74 Å². The molecule has 0 atom stereocenters. The summed E-state index contributed by atoms with van der Waals surface area (Å²) < 4.78 is 30.7. The van der Waals surface area contributed by atoms with E-state index in [1.165, 1.54) is 13.2 Å². The normalized spacial score (nSPS) is 10.1. The zero-order valence-electron chi connectivity index (χ0n) is 7.24. The summed E-state index contributed by atoms with van der Waals surface area (Å²) in [5, 5.41) is 0. The Labute approximate surface area is 70.0 Å². The number of ether oxygens (including phenoxy) is 1. The van der Waals surface area contributed by atoms with Crippen molar-refractivity contribution in [1.82, 2.24) is 0 Å². The summed E-state index contributed by atoms with van der Waals surface area (Å²) in [4.78, 5) is 0. The Balaban J connectivity index is 3.42. The number of hydrogen-bond acceptors (Lipinski definition) is 1. The molecule has 1 aromatic carbocycles. The molecular formula is C9H10F2O. The third kappa shape index (κ3) is 1.26. The molecular weight excluding hydrogens is 162 g/mol. The van der Waals surface area contributed by atoms with Crippen LogP contribution in [0.2, 0.25) is 0 Å². The van der Waals surface area contributed by atoms with Crippen molar-refractivity contribution >= 4 is 0 Å². The first-order chi connectivity index (χ1) is 5.57. The fourth-order valence-corrected chi connectivity index (χ4v) is 1.09. The Kier molecular flexibility index (Phi) is 2.31. The van der Waals surface area contributed by atoms with E-state index >= 15 is 0 Å². The molecule has 3 heteroatoms. The highest BCUT2D eigenvalue weighted by molar-refractivity contribution is 5.36. The molecule has 0 fully saturated rings. The van der Waals surface area contributed by atoms with Gasteiger partial charge in [-0.05, 0) is 25.0 Å². The van der Waals surface area contributed by atoms with Crippen molar-refractivity contribution in [3.8, 4) is 5.75 Å². The van der Waals surface area contributed by atoms with Crippen LogP contribution >= 0.6 is 0 Å². The second-order valence-electron chi connectivity index (χ2n) is 2.67. The van der Waals surface area contributed by atoms with Crippen molar-refractivity contribution in [3.63, 3.8) is 0 Å². The Morgan fingerprint density at radius 2 is 1.50 bits per heavy atom. The van der Waals surface area contributed by atoms with E-state index in [0.29, 0.717) is 11.1 Å². The zero-order chi connectivity index (χ0) is 9.30. The smallest absolute Gasteiger partial charge is 0.190 e. The molecule has 0 aliphatic heterocycles. The van der Waals surface area contributed by atoms with Gasteiger partial charge in [0.1, 0.15) is 0 Å². The van der Waals surface area contributed by atoms with Crippen LogP contribution in [0.3, 0.4) is 0 Å². The van der Waals surface area contributed by atoms with E-state index in [9.17, 15) is 8.78 Å². The Bertz CT molecular complexity index is 282. The standard InChI is InChI=1S/C9H10F2O/c1-5-4-6(2)8(11)9(12-3)7(5)10/h4H,1-3H3. The monoisotopic (exact) mass is 172 g/mol. The molecule has 0 aliphatic rings. The first kappa shape index (κ1) is 8.97. The molecule has 0 aliphatic carbocycles. The average Bonchev–Trinajstić information content (AvgIpc) is 2.02. The van der Waals surface area contributed by atoms with E-state index in [1.54, 1.807) is 13.8 Å². The fourth-order valence-electron chi connectivity index (χ4n) is 1.09. The summed E-state index contributed by atoms with van der Waals surface area (Å²) in [5.74, 6) is -1.55. The highest BCUT2D eigenvalue weighted by Gasteiger charge is 2.14. The van der Waals surface area contributed by atoms with Crippen molar-refractivity contribution in [2.24, 2.45) is 0 Å². The number of rotatable bonds is 1. The van der Waals surface area contributed by atoms with Gasteiger partial charge in [-0.15, -0.1) is 0 Å². The SMILES string of the molecule is COc1c(F)c(C)cc(C)c1F. The van der Waals surface area contributed by atoms with Gasteiger partial charge in [-0.2, -0.15) is 0 Å². The summed E-state index contributed by atoms with van der Waals surface area (Å²) in [5.41, 5.74) is 0.788. The van der Waals surface area contributed by atoms with Crippen LogP contribution in [-0.2, 0) is 0 Å². The summed E-state index contributed by atoms with van der Waals surface area (Å²) in [6.45, 7) is 3.15. The average molecular weight is 172 g/mol. The lowest BCUT2D eigenvalue weighted by Crippen LogP contribution is -1.97. The second-order valence-corrected chi connectivity index (χ2v) is 2.67. The van der Waals surface area contributed by atoms with Crippen LogP contribution in [0.5, 0.6) is 5.75 Å². The number of benzene rings is 1. The van der Waals surface area contributed by atoms with Crippen LogP contribution < -0.4 is 4.74 Å². The fraction of sp³-hybridized carbons (Fsp3) is 0.333. The van der Waals surface area contributed by atoms with E-state index in [0.717, 1.165) is 0 Å². The molecule has 0 saturated heterocycles. The van der Waals surface area contributed by atoms with Gasteiger partial charge in [0, 0.05) is 0 Å². The topological polar surface area (TPSA) is 9.23 Å². The van der Waals surface area contributed by atoms with E-state index in [4.69, 9.17) is 0 Å². The van der Waals surface area contributed by atoms with Crippen LogP contribution in [0.25, 0.3) is 0 Å². The van der Waals surface area contributed by atoms with Crippen molar-refractivity contribution in [2.45, 2.75) is 13.8 Å². The molecule has 0 unspecified atom stereocenters. The van der Waals surface area contributed by atoms with Crippen LogP contribution in [0.15, 0.2) is 6.07 Å². The highest BCUT2D eigenvalue weighted by Crippen LogP contribution is 2.26. The first-order valence-electron chi connectivity index (χ1n) is 3.57. The predicted octanol–water partition coefficient (Wildman–Crippen LogP) is 2.59. The van der Waals surface area contributed by atoms with E-state index in [2.05, 4.69) is 4.74 Å². The first-order valence-corrected chi connectivity index (χ1v) is 3.57. The quantitative estimate of drug-likeness (QED) is 0.632. The Morgan fingerprint density at radius 1 is 1.08 bits per heavy atom. The molecule has 0 heterocycles. The minimum absolute atomic E-state index is 0.299. The summed E-state index contributed by atoms with van der Waals surface area (Å²) in [6.07, 6.45) is 0. The van der Waals surface area contributed by atoms with Crippen LogP contribution in [-0.4, -0.2) is 7.11 Å². The Hall–Kier alpha value is -1.12. The molecule has 1 rings (SSSR count). The molecule has 0 spiro atoms. The van der Waals surface area contributed by atoms with Gasteiger partial charge in [-0.25, -0.2) is 8.78 Å². The van der Waals surface area contributed by atoms with Gasteiger partial charge in [-0.3, -0.25) is 0 Å². The third-order valence-electron chi connectivity index (χ3n) is 1.73. The number of aryl methyl sites for hydroxylation is 2.